The van der Waals surface area contributed by atoms with Gasteiger partial charge in [-0.3, -0.25) is 9.36 Å². The van der Waals surface area contributed by atoms with E-state index in [0.717, 1.165) is 5.56 Å². The molecule has 0 bridgehead atoms. The van der Waals surface area contributed by atoms with Gasteiger partial charge >= 0.3 is 5.97 Å². The van der Waals surface area contributed by atoms with Gasteiger partial charge in [0.25, 0.3) is 5.17 Å². The standard InChI is InChI=1S/C22H26N2O7S/c1-3-7-16(25)29-19-18(31-22(32)24-11-10-23-13-24)17-15(28-21(19)26-2)12-27-20(30-17)14-8-5-4-6-9-14/h4-6,8-11,13,15,17-21H,3,7,12H2,1-2H3/t15-,17-,18+,19-,20-,21+/m1/s1. The third-order valence-electron chi connectivity index (χ3n) is 5.26. The second-order valence-corrected chi connectivity index (χ2v) is 7.83. The number of rotatable bonds is 6. The number of ether oxygens (including phenoxy) is 6. The van der Waals surface area contributed by atoms with Gasteiger partial charge in [0.2, 0.25) is 0 Å². The molecular weight excluding hydrogens is 436 g/mol. The number of benzene rings is 1. The number of aromatic nitrogens is 2. The summed E-state index contributed by atoms with van der Waals surface area (Å²) in [5.74, 6) is -0.379. The second kappa shape index (κ2) is 10.5. The minimum absolute atomic E-state index is 0.144. The van der Waals surface area contributed by atoms with Gasteiger partial charge in [-0.2, -0.15) is 0 Å². The largest absolute Gasteiger partial charge is 0.460 e. The van der Waals surface area contributed by atoms with E-state index in [1.165, 1.54) is 13.4 Å². The highest BCUT2D eigenvalue weighted by Gasteiger charge is 2.53. The van der Waals surface area contributed by atoms with Crippen LogP contribution in [-0.4, -0.2) is 65.1 Å². The van der Waals surface area contributed by atoms with Crippen molar-refractivity contribution in [2.75, 3.05) is 13.7 Å². The maximum Gasteiger partial charge on any atom is 0.306 e. The summed E-state index contributed by atoms with van der Waals surface area (Å²) in [6.07, 6.45) is 1.40. The summed E-state index contributed by atoms with van der Waals surface area (Å²) in [5, 5.41) is 0.144. The van der Waals surface area contributed by atoms with Gasteiger partial charge < -0.3 is 28.4 Å². The molecule has 1 aromatic carbocycles. The van der Waals surface area contributed by atoms with Crippen LogP contribution in [0.5, 0.6) is 0 Å². The molecule has 2 aliphatic heterocycles. The molecule has 0 radical (unpaired) electrons. The van der Waals surface area contributed by atoms with Gasteiger partial charge in [0.15, 0.2) is 24.8 Å². The molecule has 0 amide bonds. The van der Waals surface area contributed by atoms with Crippen molar-refractivity contribution in [1.29, 1.82) is 0 Å². The third kappa shape index (κ3) is 5.00. The van der Waals surface area contributed by atoms with E-state index in [1.807, 2.05) is 37.3 Å². The quantitative estimate of drug-likeness (QED) is 0.475. The van der Waals surface area contributed by atoms with Crippen molar-refractivity contribution in [2.24, 2.45) is 0 Å². The lowest BCUT2D eigenvalue weighted by Gasteiger charge is -2.48. The summed E-state index contributed by atoms with van der Waals surface area (Å²) < 4.78 is 37.1. The van der Waals surface area contributed by atoms with Crippen LogP contribution in [0.4, 0.5) is 0 Å². The van der Waals surface area contributed by atoms with Crippen molar-refractivity contribution in [2.45, 2.75) is 56.8 Å². The molecule has 4 rings (SSSR count). The number of hydrogen-bond donors (Lipinski definition) is 0. The molecule has 0 saturated carbocycles. The van der Waals surface area contributed by atoms with Gasteiger partial charge in [-0.15, -0.1) is 0 Å². The van der Waals surface area contributed by atoms with Gasteiger partial charge in [0.1, 0.15) is 18.5 Å². The van der Waals surface area contributed by atoms with E-state index in [1.54, 1.807) is 17.0 Å². The number of esters is 1. The fourth-order valence-corrected chi connectivity index (χ4v) is 3.95. The highest BCUT2D eigenvalue weighted by molar-refractivity contribution is 7.80. The first kappa shape index (κ1) is 22.8. The van der Waals surface area contributed by atoms with Crippen molar-refractivity contribution in [3.63, 3.8) is 0 Å². The Morgan fingerprint density at radius 2 is 2.03 bits per heavy atom. The van der Waals surface area contributed by atoms with Crippen LogP contribution in [0, 0.1) is 0 Å². The molecule has 0 N–H and O–H groups in total. The Labute approximate surface area is 191 Å². The van der Waals surface area contributed by atoms with E-state index in [2.05, 4.69) is 4.98 Å². The average molecular weight is 463 g/mol. The van der Waals surface area contributed by atoms with Gasteiger partial charge in [-0.25, -0.2) is 4.98 Å². The number of carbonyl (C=O) groups is 1. The molecule has 2 aliphatic rings. The predicted molar refractivity (Wildman–Crippen MR) is 116 cm³/mol. The number of thiocarbonyl (C=S) groups is 1. The van der Waals surface area contributed by atoms with Crippen LogP contribution >= 0.6 is 12.2 Å². The van der Waals surface area contributed by atoms with Gasteiger partial charge in [-0.05, 0) is 18.6 Å². The lowest BCUT2D eigenvalue weighted by molar-refractivity contribution is -0.357. The van der Waals surface area contributed by atoms with Crippen molar-refractivity contribution >= 4 is 23.4 Å². The molecule has 0 aliphatic carbocycles. The minimum Gasteiger partial charge on any atom is -0.460 e. The predicted octanol–water partition coefficient (Wildman–Crippen LogP) is 2.60. The average Bonchev–Trinajstić information content (AvgIpc) is 3.36. The minimum atomic E-state index is -0.892. The Balaban J connectivity index is 1.62. The van der Waals surface area contributed by atoms with Crippen LogP contribution in [0.2, 0.25) is 0 Å². The van der Waals surface area contributed by atoms with E-state index in [-0.39, 0.29) is 24.2 Å². The molecule has 1 aromatic heterocycles. The second-order valence-electron chi connectivity index (χ2n) is 7.48. The van der Waals surface area contributed by atoms with Crippen LogP contribution < -0.4 is 0 Å². The molecule has 172 valence electrons. The summed E-state index contributed by atoms with van der Waals surface area (Å²) in [4.78, 5) is 16.4. The van der Waals surface area contributed by atoms with Crippen molar-refractivity contribution < 1.29 is 33.2 Å². The van der Waals surface area contributed by atoms with Crippen LogP contribution in [0.1, 0.15) is 31.6 Å². The van der Waals surface area contributed by atoms with Gasteiger partial charge in [0, 0.05) is 31.5 Å². The Kier molecular flexibility index (Phi) is 7.48. The zero-order valence-corrected chi connectivity index (χ0v) is 18.7. The summed E-state index contributed by atoms with van der Waals surface area (Å²) in [5.41, 5.74) is 0.857. The summed E-state index contributed by atoms with van der Waals surface area (Å²) >= 11 is 5.46. The maximum absolute atomic E-state index is 12.4. The third-order valence-corrected chi connectivity index (χ3v) is 5.57. The summed E-state index contributed by atoms with van der Waals surface area (Å²) in [6, 6.07) is 9.56. The summed E-state index contributed by atoms with van der Waals surface area (Å²) in [7, 11) is 1.48. The number of methoxy groups -OCH3 is 1. The molecule has 2 fully saturated rings. The number of hydrogen-bond acceptors (Lipinski definition) is 9. The lowest BCUT2D eigenvalue weighted by Crippen LogP contribution is -2.64. The lowest BCUT2D eigenvalue weighted by atomic mass is 9.97. The number of carbonyl (C=O) groups excluding carboxylic acids is 1. The zero-order valence-electron chi connectivity index (χ0n) is 17.9. The number of imidazole rings is 1. The van der Waals surface area contributed by atoms with E-state index in [0.29, 0.717) is 6.42 Å². The zero-order chi connectivity index (χ0) is 22.5. The molecule has 2 aromatic rings. The van der Waals surface area contributed by atoms with Crippen molar-refractivity contribution in [3.8, 4) is 0 Å². The van der Waals surface area contributed by atoms with E-state index < -0.39 is 37.0 Å². The maximum atomic E-state index is 12.4. The Bertz CT molecular complexity index is 895. The Morgan fingerprint density at radius 1 is 1.22 bits per heavy atom. The fraction of sp³-hybridized carbons (Fsp3) is 0.500. The first-order valence-electron chi connectivity index (χ1n) is 10.5. The van der Waals surface area contributed by atoms with Crippen molar-refractivity contribution in [1.82, 2.24) is 9.55 Å². The Morgan fingerprint density at radius 3 is 2.72 bits per heavy atom. The van der Waals surface area contributed by atoms with Crippen molar-refractivity contribution in [3.05, 3.63) is 54.6 Å². The highest BCUT2D eigenvalue weighted by atomic mass is 32.1. The normalized spacial score (nSPS) is 29.7. The first-order chi connectivity index (χ1) is 15.6. The molecule has 0 spiro atoms. The highest BCUT2D eigenvalue weighted by Crippen LogP contribution is 2.36. The fourth-order valence-electron chi connectivity index (χ4n) is 3.73. The monoisotopic (exact) mass is 462 g/mol. The molecule has 10 heteroatoms. The molecule has 3 heterocycles. The van der Waals surface area contributed by atoms with Crippen LogP contribution in [0.15, 0.2) is 49.1 Å². The van der Waals surface area contributed by atoms with E-state index >= 15 is 0 Å². The molecule has 32 heavy (non-hydrogen) atoms. The SMILES string of the molecule is CCCC(=O)O[C@H]1[C@@H](OC)O[C@@H]2CO[C@@H](c3ccccc3)O[C@H]2[C@@H]1OC(=S)n1ccnc1. The Hall–Kier alpha value is -2.37. The molecule has 9 nitrogen and oxygen atoms in total. The van der Waals surface area contributed by atoms with Crippen LogP contribution in [-0.2, 0) is 33.2 Å². The van der Waals surface area contributed by atoms with Gasteiger partial charge in [0.05, 0.1) is 6.61 Å². The smallest absolute Gasteiger partial charge is 0.306 e. The topological polar surface area (TPSA) is 90.3 Å². The van der Waals surface area contributed by atoms with Crippen LogP contribution in [0.25, 0.3) is 0 Å². The van der Waals surface area contributed by atoms with E-state index in [9.17, 15) is 4.79 Å². The number of nitrogens with zero attached hydrogens (tertiary/aromatic N) is 2. The van der Waals surface area contributed by atoms with E-state index in [4.69, 9.17) is 40.6 Å². The summed E-state index contributed by atoms with van der Waals surface area (Å²) in [6.45, 7) is 2.15. The van der Waals surface area contributed by atoms with Crippen LogP contribution in [0.3, 0.4) is 0 Å². The first-order valence-corrected chi connectivity index (χ1v) is 10.9. The molecular formula is C22H26N2O7S. The number of fused-ring (bicyclic) bond motifs is 1. The van der Waals surface area contributed by atoms with Gasteiger partial charge in [-0.1, -0.05) is 37.3 Å². The molecule has 6 atom stereocenters. The molecule has 0 unspecified atom stereocenters. The molecule has 2 saturated heterocycles.